The van der Waals surface area contributed by atoms with Gasteiger partial charge < -0.3 is 14.7 Å². The van der Waals surface area contributed by atoms with Gasteiger partial charge in [0.15, 0.2) is 0 Å². The number of aliphatic hydroxyl groups excluding tert-OH is 1. The number of hydrogen-bond donors (Lipinski definition) is 1. The van der Waals surface area contributed by atoms with Gasteiger partial charge in [-0.05, 0) is 43.0 Å². The standard InChI is InChI=1S/C21H24FNO3/c1-16(17-8-10-19(22)11-9-17)23-14-13-21(12-5-15-24,26-20(23)25)18-6-3-2-4-7-18/h2-4,6-11,16,24H,5,12-15H2,1H3/t16-,21?/m0/s1. The molecule has 2 aromatic rings. The number of benzene rings is 2. The van der Waals surface area contributed by atoms with Gasteiger partial charge in [0.05, 0.1) is 6.04 Å². The van der Waals surface area contributed by atoms with Crippen LogP contribution in [0.3, 0.4) is 0 Å². The molecule has 2 aromatic carbocycles. The number of rotatable bonds is 6. The van der Waals surface area contributed by atoms with Crippen LogP contribution in [0.4, 0.5) is 9.18 Å². The van der Waals surface area contributed by atoms with Crippen molar-refractivity contribution in [3.8, 4) is 0 Å². The second-order valence-electron chi connectivity index (χ2n) is 6.73. The zero-order valence-electron chi connectivity index (χ0n) is 14.9. The molecular formula is C21H24FNO3. The molecule has 26 heavy (non-hydrogen) atoms. The Hall–Kier alpha value is -2.40. The molecule has 3 rings (SSSR count). The number of cyclic esters (lactones) is 1. The van der Waals surface area contributed by atoms with Crippen molar-refractivity contribution in [2.75, 3.05) is 13.2 Å². The van der Waals surface area contributed by atoms with Gasteiger partial charge in [0.25, 0.3) is 0 Å². The lowest BCUT2D eigenvalue weighted by molar-refractivity contribution is -0.0680. The molecule has 1 aliphatic heterocycles. The number of ether oxygens (including phenoxy) is 1. The Balaban J connectivity index is 1.80. The van der Waals surface area contributed by atoms with Crippen molar-refractivity contribution in [2.45, 2.75) is 37.8 Å². The van der Waals surface area contributed by atoms with E-state index in [9.17, 15) is 14.3 Å². The van der Waals surface area contributed by atoms with E-state index in [-0.39, 0.29) is 24.6 Å². The molecule has 0 bridgehead atoms. The number of aliphatic hydroxyl groups is 1. The third-order valence-corrected chi connectivity index (χ3v) is 5.13. The van der Waals surface area contributed by atoms with Crippen LogP contribution in [0, 0.1) is 5.82 Å². The van der Waals surface area contributed by atoms with Gasteiger partial charge in [-0.2, -0.15) is 0 Å². The van der Waals surface area contributed by atoms with Crippen molar-refractivity contribution in [2.24, 2.45) is 0 Å². The Bertz CT molecular complexity index is 735. The molecule has 0 radical (unpaired) electrons. The molecular weight excluding hydrogens is 333 g/mol. The molecule has 0 aliphatic carbocycles. The smallest absolute Gasteiger partial charge is 0.411 e. The van der Waals surface area contributed by atoms with Gasteiger partial charge >= 0.3 is 6.09 Å². The summed E-state index contributed by atoms with van der Waals surface area (Å²) in [5, 5.41) is 9.25. The average molecular weight is 357 g/mol. The highest BCUT2D eigenvalue weighted by Crippen LogP contribution is 2.40. The van der Waals surface area contributed by atoms with Crippen LogP contribution in [-0.4, -0.2) is 29.3 Å². The Kier molecular flexibility index (Phi) is 5.57. The highest BCUT2D eigenvalue weighted by Gasteiger charge is 2.43. The van der Waals surface area contributed by atoms with Gasteiger partial charge in [-0.25, -0.2) is 9.18 Å². The number of hydrogen-bond acceptors (Lipinski definition) is 3. The van der Waals surface area contributed by atoms with Crippen LogP contribution in [0.5, 0.6) is 0 Å². The van der Waals surface area contributed by atoms with Crippen molar-refractivity contribution in [3.63, 3.8) is 0 Å². The van der Waals surface area contributed by atoms with E-state index in [1.54, 1.807) is 17.0 Å². The van der Waals surface area contributed by atoms with Crippen LogP contribution >= 0.6 is 0 Å². The lowest BCUT2D eigenvalue weighted by atomic mass is 9.84. The zero-order valence-corrected chi connectivity index (χ0v) is 14.9. The quantitative estimate of drug-likeness (QED) is 0.834. The SMILES string of the molecule is C[C@@H](c1ccc(F)cc1)N1CCC(CCCO)(c2ccccc2)OC1=O. The number of carbonyl (C=O) groups excluding carboxylic acids is 1. The van der Waals surface area contributed by atoms with Gasteiger partial charge in [0.2, 0.25) is 0 Å². The summed E-state index contributed by atoms with van der Waals surface area (Å²) in [6.45, 7) is 2.51. The molecule has 4 nitrogen and oxygen atoms in total. The lowest BCUT2D eigenvalue weighted by Crippen LogP contribution is -2.48. The van der Waals surface area contributed by atoms with Crippen molar-refractivity contribution in [3.05, 3.63) is 71.5 Å². The first-order valence-corrected chi connectivity index (χ1v) is 8.97. The molecule has 0 aromatic heterocycles. The molecule has 138 valence electrons. The third-order valence-electron chi connectivity index (χ3n) is 5.13. The van der Waals surface area contributed by atoms with Gasteiger partial charge in [-0.15, -0.1) is 0 Å². The molecule has 1 amide bonds. The highest BCUT2D eigenvalue weighted by atomic mass is 19.1. The summed E-state index contributed by atoms with van der Waals surface area (Å²) in [6, 6.07) is 15.7. The summed E-state index contributed by atoms with van der Waals surface area (Å²) >= 11 is 0. The Labute approximate surface area is 153 Å². The predicted molar refractivity (Wildman–Crippen MR) is 97.1 cm³/mol. The molecule has 1 saturated heterocycles. The summed E-state index contributed by atoms with van der Waals surface area (Å²) in [5.74, 6) is -0.297. The van der Waals surface area contributed by atoms with E-state index in [1.165, 1.54) is 12.1 Å². The van der Waals surface area contributed by atoms with Gasteiger partial charge in [0, 0.05) is 19.6 Å². The van der Waals surface area contributed by atoms with E-state index in [1.807, 2.05) is 37.3 Å². The first-order chi connectivity index (χ1) is 12.6. The molecule has 0 spiro atoms. The highest BCUT2D eigenvalue weighted by molar-refractivity contribution is 5.70. The first kappa shape index (κ1) is 18.4. The molecule has 1 unspecified atom stereocenters. The van der Waals surface area contributed by atoms with Crippen LogP contribution in [0.25, 0.3) is 0 Å². The van der Waals surface area contributed by atoms with Crippen LogP contribution in [-0.2, 0) is 10.3 Å². The Morgan fingerprint density at radius 3 is 2.50 bits per heavy atom. The Morgan fingerprint density at radius 1 is 1.19 bits per heavy atom. The van der Waals surface area contributed by atoms with Crippen molar-refractivity contribution in [1.82, 2.24) is 4.90 Å². The third kappa shape index (κ3) is 3.73. The van der Waals surface area contributed by atoms with Crippen LogP contribution in [0.1, 0.15) is 43.4 Å². The van der Waals surface area contributed by atoms with Crippen LogP contribution in [0.2, 0.25) is 0 Å². The van der Waals surface area contributed by atoms with Gasteiger partial charge in [-0.1, -0.05) is 42.5 Å². The number of nitrogens with zero attached hydrogens (tertiary/aromatic N) is 1. The monoisotopic (exact) mass is 357 g/mol. The molecule has 2 atom stereocenters. The minimum atomic E-state index is -0.708. The predicted octanol–water partition coefficient (Wildman–Crippen LogP) is 4.40. The topological polar surface area (TPSA) is 49.8 Å². The van der Waals surface area contributed by atoms with Gasteiger partial charge in [0.1, 0.15) is 11.4 Å². The first-order valence-electron chi connectivity index (χ1n) is 8.97. The van der Waals surface area contributed by atoms with E-state index < -0.39 is 5.60 Å². The average Bonchev–Trinajstić information content (AvgIpc) is 2.67. The fourth-order valence-electron chi connectivity index (χ4n) is 3.57. The summed E-state index contributed by atoms with van der Waals surface area (Å²) in [7, 11) is 0. The number of halogens is 1. The second kappa shape index (κ2) is 7.87. The summed E-state index contributed by atoms with van der Waals surface area (Å²) in [5.41, 5.74) is 1.11. The molecule has 0 saturated carbocycles. The minimum absolute atomic E-state index is 0.0574. The minimum Gasteiger partial charge on any atom is -0.438 e. The van der Waals surface area contributed by atoms with Gasteiger partial charge in [-0.3, -0.25) is 0 Å². The summed E-state index contributed by atoms with van der Waals surface area (Å²) in [4.78, 5) is 14.5. The Morgan fingerprint density at radius 2 is 1.88 bits per heavy atom. The lowest BCUT2D eigenvalue weighted by Gasteiger charge is -2.43. The molecule has 1 heterocycles. The van der Waals surface area contributed by atoms with E-state index in [2.05, 4.69) is 0 Å². The summed E-state index contributed by atoms with van der Waals surface area (Å²) in [6.07, 6.45) is 1.41. The van der Waals surface area contributed by atoms with Crippen molar-refractivity contribution in [1.29, 1.82) is 0 Å². The molecule has 5 heteroatoms. The largest absolute Gasteiger partial charge is 0.438 e. The fraction of sp³-hybridized carbons (Fsp3) is 0.381. The van der Waals surface area contributed by atoms with E-state index >= 15 is 0 Å². The fourth-order valence-corrected chi connectivity index (χ4v) is 3.57. The van der Waals surface area contributed by atoms with E-state index in [0.717, 1.165) is 11.1 Å². The molecule has 1 fully saturated rings. The van der Waals surface area contributed by atoms with Crippen LogP contribution < -0.4 is 0 Å². The second-order valence-corrected chi connectivity index (χ2v) is 6.73. The number of carbonyl (C=O) groups is 1. The molecule has 1 N–H and O–H groups in total. The zero-order chi connectivity index (χ0) is 18.6. The normalized spacial score (nSPS) is 21.3. The van der Waals surface area contributed by atoms with Crippen LogP contribution in [0.15, 0.2) is 54.6 Å². The number of amides is 1. The maximum atomic E-state index is 13.2. The maximum Gasteiger partial charge on any atom is 0.411 e. The van der Waals surface area contributed by atoms with Crippen molar-refractivity contribution >= 4 is 6.09 Å². The van der Waals surface area contributed by atoms with E-state index in [4.69, 9.17) is 4.74 Å². The molecule has 1 aliphatic rings. The van der Waals surface area contributed by atoms with E-state index in [0.29, 0.717) is 25.8 Å². The maximum absolute atomic E-state index is 13.2. The summed E-state index contributed by atoms with van der Waals surface area (Å²) < 4.78 is 19.1. The van der Waals surface area contributed by atoms with Crippen molar-refractivity contribution < 1.29 is 19.0 Å².